The van der Waals surface area contributed by atoms with Gasteiger partial charge in [0.05, 0.1) is 6.04 Å². The summed E-state index contributed by atoms with van der Waals surface area (Å²) in [4.78, 5) is 12.2. The van der Waals surface area contributed by atoms with Gasteiger partial charge in [0.2, 0.25) is 0 Å². The average molecular weight is 434 g/mol. The van der Waals surface area contributed by atoms with E-state index in [2.05, 4.69) is 31.7 Å². The smallest absolute Gasteiger partial charge is 0.272 e. The number of piperidine rings is 1. The van der Waals surface area contributed by atoms with Gasteiger partial charge in [-0.05, 0) is 43.1 Å². The number of carbonyl (C=O) groups is 1. The van der Waals surface area contributed by atoms with Crippen molar-refractivity contribution >= 4 is 45.8 Å². The molecule has 130 valence electrons. The zero-order valence-electron chi connectivity index (χ0n) is 13.0. The summed E-state index contributed by atoms with van der Waals surface area (Å²) < 4.78 is 2.80. The molecule has 1 aromatic carbocycles. The molecule has 2 heterocycles. The standard InChI is InChI=1S/C16H18BrClN4O.ClH/c17-12-4-3-11(14(18)8-12)9-20-16(23)15-5-7-22(21-15)13-2-1-6-19-10-13;/h3-5,7-8,13,19H,1-2,6,9-10H2,(H,20,23);1H. The number of hydrogen-bond acceptors (Lipinski definition) is 3. The second-order valence-electron chi connectivity index (χ2n) is 5.60. The van der Waals surface area contributed by atoms with Gasteiger partial charge in [-0.15, -0.1) is 12.4 Å². The Labute approximate surface area is 160 Å². The lowest BCUT2D eigenvalue weighted by atomic mass is 10.1. The lowest BCUT2D eigenvalue weighted by Crippen LogP contribution is -2.32. The molecule has 0 bridgehead atoms. The fraction of sp³-hybridized carbons (Fsp3) is 0.375. The minimum absolute atomic E-state index is 0. The summed E-state index contributed by atoms with van der Waals surface area (Å²) in [7, 11) is 0. The molecule has 1 unspecified atom stereocenters. The monoisotopic (exact) mass is 432 g/mol. The zero-order valence-corrected chi connectivity index (χ0v) is 16.1. The summed E-state index contributed by atoms with van der Waals surface area (Å²) >= 11 is 9.52. The van der Waals surface area contributed by atoms with E-state index >= 15 is 0 Å². The summed E-state index contributed by atoms with van der Waals surface area (Å²) in [6, 6.07) is 7.68. The lowest BCUT2D eigenvalue weighted by Gasteiger charge is -2.22. The van der Waals surface area contributed by atoms with Gasteiger partial charge in [-0.1, -0.05) is 33.6 Å². The maximum absolute atomic E-state index is 12.2. The van der Waals surface area contributed by atoms with Crippen LogP contribution in [0, 0.1) is 0 Å². The first-order valence-corrected chi connectivity index (χ1v) is 8.78. The quantitative estimate of drug-likeness (QED) is 0.774. The third kappa shape index (κ3) is 4.72. The van der Waals surface area contributed by atoms with Crippen molar-refractivity contribution in [1.82, 2.24) is 20.4 Å². The van der Waals surface area contributed by atoms with Gasteiger partial charge in [0.15, 0.2) is 0 Å². The molecular weight excluding hydrogens is 415 g/mol. The van der Waals surface area contributed by atoms with E-state index in [9.17, 15) is 4.79 Å². The second-order valence-corrected chi connectivity index (χ2v) is 6.92. The minimum atomic E-state index is -0.188. The number of benzene rings is 1. The van der Waals surface area contributed by atoms with Gasteiger partial charge in [-0.25, -0.2) is 0 Å². The van der Waals surface area contributed by atoms with E-state index < -0.39 is 0 Å². The molecule has 2 aromatic rings. The Kier molecular flexibility index (Phi) is 7.10. The van der Waals surface area contributed by atoms with Crippen molar-refractivity contribution in [1.29, 1.82) is 0 Å². The predicted octanol–water partition coefficient (Wildman–Crippen LogP) is 3.58. The molecule has 8 heteroatoms. The van der Waals surface area contributed by atoms with Gasteiger partial charge >= 0.3 is 0 Å². The summed E-state index contributed by atoms with van der Waals surface area (Å²) in [5, 5.41) is 11.2. The molecule has 3 rings (SSSR count). The number of nitrogens with zero attached hydrogens (tertiary/aromatic N) is 2. The van der Waals surface area contributed by atoms with E-state index in [0.717, 1.165) is 36.0 Å². The maximum atomic E-state index is 12.2. The SMILES string of the molecule is Cl.O=C(NCc1ccc(Br)cc1Cl)c1ccn(C2CCCNC2)n1. The van der Waals surface area contributed by atoms with Crippen molar-refractivity contribution < 1.29 is 4.79 Å². The van der Waals surface area contributed by atoms with Crippen LogP contribution in [0.1, 0.15) is 34.9 Å². The molecule has 1 aliphatic rings. The Balaban J connectivity index is 0.00000208. The number of rotatable bonds is 4. The van der Waals surface area contributed by atoms with Crippen LogP contribution in [0.2, 0.25) is 5.02 Å². The van der Waals surface area contributed by atoms with Crippen LogP contribution in [0.25, 0.3) is 0 Å². The minimum Gasteiger partial charge on any atom is -0.347 e. The van der Waals surface area contributed by atoms with Gasteiger partial charge in [0.1, 0.15) is 5.69 Å². The van der Waals surface area contributed by atoms with Gasteiger partial charge in [0.25, 0.3) is 5.91 Å². The summed E-state index contributed by atoms with van der Waals surface area (Å²) in [5.74, 6) is -0.188. The van der Waals surface area contributed by atoms with E-state index in [1.807, 2.05) is 29.1 Å². The number of halogens is 3. The molecule has 0 saturated carbocycles. The van der Waals surface area contributed by atoms with E-state index in [4.69, 9.17) is 11.6 Å². The third-order valence-electron chi connectivity index (χ3n) is 3.94. The highest BCUT2D eigenvalue weighted by atomic mass is 79.9. The summed E-state index contributed by atoms with van der Waals surface area (Å²) in [6.45, 7) is 2.33. The number of nitrogens with one attached hydrogen (secondary N) is 2. The average Bonchev–Trinajstić information content (AvgIpc) is 3.05. The first kappa shape index (κ1) is 19.2. The molecule has 1 fully saturated rings. The van der Waals surface area contributed by atoms with Crippen LogP contribution in [0.5, 0.6) is 0 Å². The number of carbonyl (C=O) groups excluding carboxylic acids is 1. The highest BCUT2D eigenvalue weighted by Crippen LogP contribution is 2.21. The van der Waals surface area contributed by atoms with E-state index in [0.29, 0.717) is 23.3 Å². The highest BCUT2D eigenvalue weighted by molar-refractivity contribution is 9.10. The van der Waals surface area contributed by atoms with Crippen LogP contribution >= 0.6 is 39.9 Å². The van der Waals surface area contributed by atoms with Crippen LogP contribution < -0.4 is 10.6 Å². The molecule has 0 radical (unpaired) electrons. The largest absolute Gasteiger partial charge is 0.347 e. The summed E-state index contributed by atoms with van der Waals surface area (Å²) in [6.07, 6.45) is 4.09. The van der Waals surface area contributed by atoms with Gasteiger partial charge in [-0.2, -0.15) is 5.10 Å². The molecule has 1 amide bonds. The fourth-order valence-corrected chi connectivity index (χ4v) is 3.39. The van der Waals surface area contributed by atoms with E-state index in [-0.39, 0.29) is 18.3 Å². The Morgan fingerprint density at radius 3 is 3.00 bits per heavy atom. The van der Waals surface area contributed by atoms with Crippen LogP contribution in [-0.4, -0.2) is 28.8 Å². The van der Waals surface area contributed by atoms with Crippen LogP contribution in [-0.2, 0) is 6.54 Å². The molecule has 1 saturated heterocycles. The number of hydrogen-bond donors (Lipinski definition) is 2. The maximum Gasteiger partial charge on any atom is 0.272 e. The van der Waals surface area contributed by atoms with Crippen LogP contribution in [0.15, 0.2) is 34.9 Å². The molecular formula is C16H19BrCl2N4O. The molecule has 24 heavy (non-hydrogen) atoms. The Morgan fingerprint density at radius 1 is 1.46 bits per heavy atom. The van der Waals surface area contributed by atoms with Crippen molar-refractivity contribution in [2.24, 2.45) is 0 Å². The first-order valence-electron chi connectivity index (χ1n) is 7.61. The van der Waals surface area contributed by atoms with Gasteiger partial charge in [0, 0.05) is 28.8 Å². The van der Waals surface area contributed by atoms with Crippen molar-refractivity contribution in [2.75, 3.05) is 13.1 Å². The molecule has 0 aliphatic carbocycles. The van der Waals surface area contributed by atoms with Gasteiger partial charge < -0.3 is 10.6 Å². The highest BCUT2D eigenvalue weighted by Gasteiger charge is 2.17. The molecule has 1 aromatic heterocycles. The molecule has 0 spiro atoms. The number of aromatic nitrogens is 2. The predicted molar refractivity (Wildman–Crippen MR) is 101 cm³/mol. The Hall–Kier alpha value is -1.08. The van der Waals surface area contributed by atoms with Crippen molar-refractivity contribution in [2.45, 2.75) is 25.4 Å². The lowest BCUT2D eigenvalue weighted by molar-refractivity contribution is 0.0944. The van der Waals surface area contributed by atoms with Crippen LogP contribution in [0.4, 0.5) is 0 Å². The van der Waals surface area contributed by atoms with E-state index in [1.165, 1.54) is 0 Å². The third-order valence-corrected chi connectivity index (χ3v) is 4.79. The van der Waals surface area contributed by atoms with Crippen LogP contribution in [0.3, 0.4) is 0 Å². The fourth-order valence-electron chi connectivity index (χ4n) is 2.65. The normalized spacial score (nSPS) is 17.2. The number of amides is 1. The molecule has 2 N–H and O–H groups in total. The first-order chi connectivity index (χ1) is 11.1. The Morgan fingerprint density at radius 2 is 2.29 bits per heavy atom. The van der Waals surface area contributed by atoms with Crippen molar-refractivity contribution in [3.8, 4) is 0 Å². The molecule has 5 nitrogen and oxygen atoms in total. The van der Waals surface area contributed by atoms with Gasteiger partial charge in [-0.3, -0.25) is 9.48 Å². The van der Waals surface area contributed by atoms with E-state index in [1.54, 1.807) is 6.07 Å². The summed E-state index contributed by atoms with van der Waals surface area (Å²) in [5.41, 5.74) is 1.31. The molecule has 1 atom stereocenters. The van der Waals surface area contributed by atoms with Crippen molar-refractivity contribution in [3.05, 3.63) is 51.2 Å². The zero-order chi connectivity index (χ0) is 16.2. The topological polar surface area (TPSA) is 59.0 Å². The van der Waals surface area contributed by atoms with Crippen molar-refractivity contribution in [3.63, 3.8) is 0 Å². The Bertz CT molecular complexity index is 701. The molecule has 1 aliphatic heterocycles. The second kappa shape index (κ2) is 8.85.